The van der Waals surface area contributed by atoms with E-state index in [4.69, 9.17) is 18.9 Å². The van der Waals surface area contributed by atoms with E-state index in [0.29, 0.717) is 28.2 Å². The number of ether oxygens (including phenoxy) is 4. The third-order valence-corrected chi connectivity index (χ3v) is 4.29. The van der Waals surface area contributed by atoms with Gasteiger partial charge in [-0.25, -0.2) is 0 Å². The molecule has 2 heterocycles. The van der Waals surface area contributed by atoms with Crippen molar-refractivity contribution in [2.45, 2.75) is 30.7 Å². The van der Waals surface area contributed by atoms with Gasteiger partial charge in [-0.3, -0.25) is 4.98 Å². The number of aliphatic hydroxyl groups is 4. The normalized spacial score (nSPS) is 28.8. The molecule has 142 valence electrons. The average Bonchev–Trinajstić information content (AvgIpc) is 2.67. The Kier molecular flexibility index (Phi) is 5.44. The molecular formula is C17H21NO8. The molecule has 9 nitrogen and oxygen atoms in total. The van der Waals surface area contributed by atoms with Gasteiger partial charge in [0.15, 0.2) is 0 Å². The number of methoxy groups -OCH3 is 2. The molecule has 0 radical (unpaired) electrons. The second-order valence-electron chi connectivity index (χ2n) is 5.85. The number of hydrogen-bond donors (Lipinski definition) is 4. The standard InChI is InChI=1S/C17H21NO8/c1-23-8-5-9-13(11(6-8)24-2)10(3-4-18-9)25-17-16(22)15(21)14(20)12(7-19)26-17/h3-6,12,14-17,19-22H,7H2,1-2H3/t12-,14+,15+,16-,17-/m1/s1. The molecule has 1 aliphatic heterocycles. The summed E-state index contributed by atoms with van der Waals surface area (Å²) in [6.07, 6.45) is -5.36. The lowest BCUT2D eigenvalue weighted by Crippen LogP contribution is -2.60. The van der Waals surface area contributed by atoms with Crippen molar-refractivity contribution in [3.63, 3.8) is 0 Å². The van der Waals surface area contributed by atoms with Crippen LogP contribution in [0.4, 0.5) is 0 Å². The summed E-state index contributed by atoms with van der Waals surface area (Å²) in [6.45, 7) is -0.539. The molecule has 0 amide bonds. The number of pyridine rings is 1. The number of benzene rings is 1. The van der Waals surface area contributed by atoms with E-state index in [9.17, 15) is 20.4 Å². The maximum atomic E-state index is 10.2. The molecule has 1 aliphatic rings. The Morgan fingerprint density at radius 1 is 1.04 bits per heavy atom. The van der Waals surface area contributed by atoms with Crippen molar-refractivity contribution >= 4 is 10.9 Å². The molecule has 26 heavy (non-hydrogen) atoms. The summed E-state index contributed by atoms with van der Waals surface area (Å²) in [5, 5.41) is 39.7. The van der Waals surface area contributed by atoms with Crippen LogP contribution >= 0.6 is 0 Å². The molecule has 1 fully saturated rings. The number of aliphatic hydroxyl groups excluding tert-OH is 4. The summed E-state index contributed by atoms with van der Waals surface area (Å²) < 4.78 is 21.7. The third kappa shape index (κ3) is 3.27. The molecule has 0 saturated carbocycles. The van der Waals surface area contributed by atoms with Crippen LogP contribution in [0.2, 0.25) is 0 Å². The van der Waals surface area contributed by atoms with E-state index in [1.807, 2.05) is 0 Å². The highest BCUT2D eigenvalue weighted by Crippen LogP contribution is 2.37. The molecule has 3 rings (SSSR count). The highest BCUT2D eigenvalue weighted by atomic mass is 16.7. The molecule has 0 aliphatic carbocycles. The van der Waals surface area contributed by atoms with Gasteiger partial charge < -0.3 is 39.4 Å². The van der Waals surface area contributed by atoms with Crippen molar-refractivity contribution in [2.75, 3.05) is 20.8 Å². The van der Waals surface area contributed by atoms with Crippen LogP contribution in [0.25, 0.3) is 10.9 Å². The monoisotopic (exact) mass is 367 g/mol. The van der Waals surface area contributed by atoms with Crippen LogP contribution < -0.4 is 14.2 Å². The summed E-state index contributed by atoms with van der Waals surface area (Å²) in [4.78, 5) is 4.26. The fourth-order valence-electron chi connectivity index (χ4n) is 2.86. The Hall–Kier alpha value is -2.17. The summed E-state index contributed by atoms with van der Waals surface area (Å²) in [7, 11) is 3.01. The Morgan fingerprint density at radius 2 is 1.81 bits per heavy atom. The first-order chi connectivity index (χ1) is 12.5. The smallest absolute Gasteiger partial charge is 0.229 e. The lowest BCUT2D eigenvalue weighted by molar-refractivity contribution is -0.277. The van der Waals surface area contributed by atoms with Gasteiger partial charge >= 0.3 is 0 Å². The lowest BCUT2D eigenvalue weighted by atomic mass is 9.99. The van der Waals surface area contributed by atoms with Gasteiger partial charge in [0, 0.05) is 18.3 Å². The largest absolute Gasteiger partial charge is 0.497 e. The summed E-state index contributed by atoms with van der Waals surface area (Å²) in [5.41, 5.74) is 0.531. The van der Waals surface area contributed by atoms with Crippen LogP contribution in [0.15, 0.2) is 24.4 Å². The number of fused-ring (bicyclic) bond motifs is 1. The molecule has 1 aromatic carbocycles. The summed E-state index contributed by atoms with van der Waals surface area (Å²) in [5.74, 6) is 1.28. The summed E-state index contributed by atoms with van der Waals surface area (Å²) in [6, 6.07) is 4.90. The van der Waals surface area contributed by atoms with E-state index >= 15 is 0 Å². The van der Waals surface area contributed by atoms with Crippen LogP contribution in [0.5, 0.6) is 17.2 Å². The summed E-state index contributed by atoms with van der Waals surface area (Å²) >= 11 is 0. The minimum atomic E-state index is -1.53. The van der Waals surface area contributed by atoms with Crippen LogP contribution in [-0.2, 0) is 4.74 Å². The second-order valence-corrected chi connectivity index (χ2v) is 5.85. The van der Waals surface area contributed by atoms with Gasteiger partial charge in [0.25, 0.3) is 0 Å². The molecule has 5 atom stereocenters. The average molecular weight is 367 g/mol. The Labute approximate surface area is 149 Å². The maximum Gasteiger partial charge on any atom is 0.229 e. The molecule has 0 unspecified atom stereocenters. The zero-order valence-corrected chi connectivity index (χ0v) is 14.3. The lowest BCUT2D eigenvalue weighted by Gasteiger charge is -2.39. The first kappa shape index (κ1) is 18.6. The van der Waals surface area contributed by atoms with Crippen LogP contribution in [0.1, 0.15) is 0 Å². The maximum absolute atomic E-state index is 10.2. The highest BCUT2D eigenvalue weighted by molar-refractivity contribution is 5.92. The van der Waals surface area contributed by atoms with Crippen LogP contribution in [0.3, 0.4) is 0 Å². The van der Waals surface area contributed by atoms with E-state index in [1.54, 1.807) is 18.2 Å². The van der Waals surface area contributed by atoms with E-state index in [2.05, 4.69) is 4.98 Å². The zero-order valence-electron chi connectivity index (χ0n) is 14.3. The van der Waals surface area contributed by atoms with Gasteiger partial charge in [-0.15, -0.1) is 0 Å². The van der Waals surface area contributed by atoms with Gasteiger partial charge in [-0.1, -0.05) is 0 Å². The quantitative estimate of drug-likeness (QED) is 0.549. The van der Waals surface area contributed by atoms with E-state index in [1.165, 1.54) is 20.4 Å². The fourth-order valence-corrected chi connectivity index (χ4v) is 2.86. The predicted molar refractivity (Wildman–Crippen MR) is 89.2 cm³/mol. The Balaban J connectivity index is 1.98. The zero-order chi connectivity index (χ0) is 18.8. The highest BCUT2D eigenvalue weighted by Gasteiger charge is 2.44. The van der Waals surface area contributed by atoms with Crippen molar-refractivity contribution in [2.24, 2.45) is 0 Å². The van der Waals surface area contributed by atoms with E-state index in [0.717, 1.165) is 0 Å². The first-order valence-electron chi connectivity index (χ1n) is 7.98. The SMILES string of the molecule is COc1cc(OC)c2c(O[C@@H]3O[C@H](CO)[C@H](O)[C@H](O)[C@H]3O)ccnc2c1. The van der Waals surface area contributed by atoms with Crippen molar-refractivity contribution in [1.82, 2.24) is 4.98 Å². The van der Waals surface area contributed by atoms with Crippen molar-refractivity contribution < 1.29 is 39.4 Å². The number of rotatable bonds is 5. The number of nitrogens with zero attached hydrogens (tertiary/aromatic N) is 1. The molecule has 9 heteroatoms. The Bertz CT molecular complexity index is 768. The van der Waals surface area contributed by atoms with E-state index < -0.39 is 37.3 Å². The molecular weight excluding hydrogens is 346 g/mol. The van der Waals surface area contributed by atoms with Gasteiger partial charge in [0.05, 0.1) is 31.7 Å². The predicted octanol–water partition coefficient (Wildman–Crippen LogP) is -0.569. The first-order valence-corrected chi connectivity index (χ1v) is 7.98. The second kappa shape index (κ2) is 7.60. The molecule has 1 aromatic heterocycles. The number of aromatic nitrogens is 1. The van der Waals surface area contributed by atoms with Gasteiger partial charge in [-0.2, -0.15) is 0 Å². The van der Waals surface area contributed by atoms with Gasteiger partial charge in [0.1, 0.15) is 41.7 Å². The molecule has 4 N–H and O–H groups in total. The van der Waals surface area contributed by atoms with E-state index in [-0.39, 0.29) is 0 Å². The topological polar surface area (TPSA) is 131 Å². The molecule has 0 bridgehead atoms. The van der Waals surface area contributed by atoms with Gasteiger partial charge in [0.2, 0.25) is 6.29 Å². The molecule has 2 aromatic rings. The van der Waals surface area contributed by atoms with Crippen LogP contribution in [0, 0.1) is 0 Å². The minimum Gasteiger partial charge on any atom is -0.497 e. The number of hydrogen-bond acceptors (Lipinski definition) is 9. The van der Waals surface area contributed by atoms with Crippen molar-refractivity contribution in [1.29, 1.82) is 0 Å². The molecule has 0 spiro atoms. The van der Waals surface area contributed by atoms with Crippen molar-refractivity contribution in [3.05, 3.63) is 24.4 Å². The van der Waals surface area contributed by atoms with Crippen LogP contribution in [-0.4, -0.2) is 76.9 Å². The van der Waals surface area contributed by atoms with Crippen molar-refractivity contribution in [3.8, 4) is 17.2 Å². The van der Waals surface area contributed by atoms with Gasteiger partial charge in [-0.05, 0) is 6.07 Å². The minimum absolute atomic E-state index is 0.291. The Morgan fingerprint density at radius 3 is 2.46 bits per heavy atom. The molecule has 1 saturated heterocycles. The fraction of sp³-hybridized carbons (Fsp3) is 0.471. The third-order valence-electron chi connectivity index (χ3n) is 4.29.